The van der Waals surface area contributed by atoms with Crippen LogP contribution < -0.4 is 0 Å². The van der Waals surface area contributed by atoms with Crippen molar-refractivity contribution in [1.82, 2.24) is 4.98 Å². The molecule has 0 radical (unpaired) electrons. The van der Waals surface area contributed by atoms with Gasteiger partial charge < -0.3 is 0 Å². The molecule has 0 aliphatic carbocycles. The van der Waals surface area contributed by atoms with E-state index in [-0.39, 0.29) is 5.78 Å². The van der Waals surface area contributed by atoms with Crippen LogP contribution in [0.2, 0.25) is 0 Å². The number of halogens is 2. The molecule has 1 aromatic carbocycles. The fourth-order valence-corrected chi connectivity index (χ4v) is 3.88. The van der Waals surface area contributed by atoms with Crippen LogP contribution in [0.25, 0.3) is 10.9 Å². The second kappa shape index (κ2) is 5.15. The van der Waals surface area contributed by atoms with Gasteiger partial charge >= 0.3 is 0 Å². The largest absolute Gasteiger partial charge is 0.288 e. The normalized spacial score (nSPS) is 10.8. The van der Waals surface area contributed by atoms with Gasteiger partial charge in [-0.1, -0.05) is 18.2 Å². The van der Waals surface area contributed by atoms with Gasteiger partial charge in [-0.05, 0) is 50.1 Å². The van der Waals surface area contributed by atoms with E-state index in [1.54, 1.807) is 6.20 Å². The minimum atomic E-state index is 0.0231. The molecule has 0 saturated carbocycles. The zero-order chi connectivity index (χ0) is 13.4. The number of hydrogen-bond acceptors (Lipinski definition) is 3. The maximum atomic E-state index is 12.6. The number of thiophene rings is 1. The lowest BCUT2D eigenvalue weighted by Gasteiger charge is -2.03. The molecule has 19 heavy (non-hydrogen) atoms. The standard InChI is InChI=1S/C14H7Br2NOS/c15-10-7-12(19-14(10)16)13(18)9-3-1-5-11-8(9)4-2-6-17-11/h1-7H. The molecule has 0 aliphatic rings. The van der Waals surface area contributed by atoms with Crippen LogP contribution in [0, 0.1) is 0 Å². The molecule has 0 unspecified atom stereocenters. The van der Waals surface area contributed by atoms with E-state index in [0.29, 0.717) is 10.4 Å². The van der Waals surface area contributed by atoms with Crippen molar-refractivity contribution in [2.75, 3.05) is 0 Å². The number of ketones is 1. The Balaban J connectivity index is 2.16. The Labute approximate surface area is 130 Å². The van der Waals surface area contributed by atoms with Crippen molar-refractivity contribution in [2.45, 2.75) is 0 Å². The third-order valence-corrected chi connectivity index (χ3v) is 6.01. The molecular weight excluding hydrogens is 390 g/mol. The Hall–Kier alpha value is -1.04. The number of benzene rings is 1. The van der Waals surface area contributed by atoms with Crippen LogP contribution in [0.1, 0.15) is 15.2 Å². The lowest BCUT2D eigenvalue weighted by Crippen LogP contribution is -1.99. The van der Waals surface area contributed by atoms with E-state index in [1.807, 2.05) is 36.4 Å². The molecule has 0 spiro atoms. The van der Waals surface area contributed by atoms with Crippen molar-refractivity contribution < 1.29 is 4.79 Å². The van der Waals surface area contributed by atoms with Crippen LogP contribution in [0.4, 0.5) is 0 Å². The average molecular weight is 397 g/mol. The van der Waals surface area contributed by atoms with Crippen molar-refractivity contribution in [1.29, 1.82) is 0 Å². The number of fused-ring (bicyclic) bond motifs is 1. The molecule has 0 bridgehead atoms. The summed E-state index contributed by atoms with van der Waals surface area (Å²) in [4.78, 5) is 17.5. The molecule has 0 N–H and O–H groups in total. The van der Waals surface area contributed by atoms with Crippen LogP contribution in [-0.2, 0) is 0 Å². The highest BCUT2D eigenvalue weighted by Gasteiger charge is 2.16. The molecule has 0 atom stereocenters. The first-order valence-corrected chi connectivity index (χ1v) is 7.90. The molecule has 5 heteroatoms. The second-order valence-corrected chi connectivity index (χ2v) is 7.16. The molecule has 0 saturated heterocycles. The van der Waals surface area contributed by atoms with E-state index in [0.717, 1.165) is 19.2 Å². The molecular formula is C14H7Br2NOS. The lowest BCUT2D eigenvalue weighted by molar-refractivity contribution is 0.104. The highest BCUT2D eigenvalue weighted by Crippen LogP contribution is 2.34. The zero-order valence-corrected chi connectivity index (χ0v) is 13.5. The Morgan fingerprint density at radius 3 is 2.74 bits per heavy atom. The van der Waals surface area contributed by atoms with Crippen LogP contribution in [0.15, 0.2) is 50.9 Å². The summed E-state index contributed by atoms with van der Waals surface area (Å²) in [5, 5.41) is 0.885. The predicted octanol–water partition coefficient (Wildman–Crippen LogP) is 5.05. The van der Waals surface area contributed by atoms with Gasteiger partial charge in [0.1, 0.15) is 0 Å². The van der Waals surface area contributed by atoms with Crippen molar-refractivity contribution in [3.05, 3.63) is 61.3 Å². The van der Waals surface area contributed by atoms with Gasteiger partial charge in [0.15, 0.2) is 0 Å². The summed E-state index contributed by atoms with van der Waals surface area (Å²) in [5.74, 6) is 0.0231. The minimum Gasteiger partial charge on any atom is -0.288 e. The summed E-state index contributed by atoms with van der Waals surface area (Å²) >= 11 is 8.25. The first-order valence-electron chi connectivity index (χ1n) is 5.50. The van der Waals surface area contributed by atoms with Gasteiger partial charge in [-0.15, -0.1) is 11.3 Å². The first kappa shape index (κ1) is 13.0. The van der Waals surface area contributed by atoms with Crippen LogP contribution in [-0.4, -0.2) is 10.8 Å². The van der Waals surface area contributed by atoms with Gasteiger partial charge in [-0.25, -0.2) is 0 Å². The third-order valence-electron chi connectivity index (χ3n) is 2.76. The second-order valence-electron chi connectivity index (χ2n) is 3.94. The molecule has 2 nitrogen and oxygen atoms in total. The number of hydrogen-bond donors (Lipinski definition) is 0. The monoisotopic (exact) mass is 395 g/mol. The number of aromatic nitrogens is 1. The lowest BCUT2D eigenvalue weighted by atomic mass is 10.0. The Bertz CT molecular complexity index is 757. The molecule has 3 aromatic rings. The van der Waals surface area contributed by atoms with E-state index in [1.165, 1.54) is 11.3 Å². The maximum absolute atomic E-state index is 12.6. The average Bonchev–Trinajstić information content (AvgIpc) is 2.77. The van der Waals surface area contributed by atoms with Crippen LogP contribution >= 0.6 is 43.2 Å². The highest BCUT2D eigenvalue weighted by atomic mass is 79.9. The van der Waals surface area contributed by atoms with Gasteiger partial charge in [-0.2, -0.15) is 0 Å². The third kappa shape index (κ3) is 2.38. The smallest absolute Gasteiger partial charge is 0.203 e. The summed E-state index contributed by atoms with van der Waals surface area (Å²) in [6, 6.07) is 11.2. The molecule has 94 valence electrons. The molecule has 2 heterocycles. The van der Waals surface area contributed by atoms with Crippen molar-refractivity contribution >= 4 is 59.9 Å². The van der Waals surface area contributed by atoms with Crippen molar-refractivity contribution in [3.63, 3.8) is 0 Å². The van der Waals surface area contributed by atoms with E-state index in [2.05, 4.69) is 36.8 Å². The van der Waals surface area contributed by atoms with Crippen LogP contribution in [0.3, 0.4) is 0 Å². The number of pyridine rings is 1. The quantitative estimate of drug-likeness (QED) is 0.567. The number of nitrogens with zero attached hydrogens (tertiary/aromatic N) is 1. The van der Waals surface area contributed by atoms with Gasteiger partial charge in [0, 0.05) is 21.6 Å². The number of carbonyl (C=O) groups is 1. The predicted molar refractivity (Wildman–Crippen MR) is 84.9 cm³/mol. The van der Waals surface area contributed by atoms with Gasteiger partial charge in [0.25, 0.3) is 0 Å². The minimum absolute atomic E-state index is 0.0231. The molecule has 0 aliphatic heterocycles. The fraction of sp³-hybridized carbons (Fsp3) is 0. The Morgan fingerprint density at radius 1 is 1.16 bits per heavy atom. The van der Waals surface area contributed by atoms with E-state index < -0.39 is 0 Å². The topological polar surface area (TPSA) is 30.0 Å². The van der Waals surface area contributed by atoms with E-state index >= 15 is 0 Å². The molecule has 2 aromatic heterocycles. The number of carbonyl (C=O) groups excluding carboxylic acids is 1. The summed E-state index contributed by atoms with van der Waals surface area (Å²) < 4.78 is 1.83. The van der Waals surface area contributed by atoms with Crippen LogP contribution in [0.5, 0.6) is 0 Å². The van der Waals surface area contributed by atoms with E-state index in [4.69, 9.17) is 0 Å². The summed E-state index contributed by atoms with van der Waals surface area (Å²) in [5.41, 5.74) is 1.52. The Kier molecular flexibility index (Phi) is 3.52. The molecule has 0 fully saturated rings. The Morgan fingerprint density at radius 2 is 2.00 bits per heavy atom. The van der Waals surface area contributed by atoms with Gasteiger partial charge in [0.05, 0.1) is 14.2 Å². The first-order chi connectivity index (χ1) is 9.16. The van der Waals surface area contributed by atoms with Crippen molar-refractivity contribution in [3.8, 4) is 0 Å². The van der Waals surface area contributed by atoms with Gasteiger partial charge in [0.2, 0.25) is 5.78 Å². The number of rotatable bonds is 2. The fourth-order valence-electron chi connectivity index (χ4n) is 1.89. The highest BCUT2D eigenvalue weighted by molar-refractivity contribution is 9.13. The SMILES string of the molecule is O=C(c1cc(Br)c(Br)s1)c1cccc2ncccc12. The van der Waals surface area contributed by atoms with E-state index in [9.17, 15) is 4.79 Å². The van der Waals surface area contributed by atoms with Gasteiger partial charge in [-0.3, -0.25) is 9.78 Å². The molecule has 0 amide bonds. The summed E-state index contributed by atoms with van der Waals surface area (Å²) in [6.45, 7) is 0. The summed E-state index contributed by atoms with van der Waals surface area (Å²) in [7, 11) is 0. The zero-order valence-electron chi connectivity index (χ0n) is 9.56. The molecule has 3 rings (SSSR count). The van der Waals surface area contributed by atoms with Crippen molar-refractivity contribution in [2.24, 2.45) is 0 Å². The summed E-state index contributed by atoms with van der Waals surface area (Å²) in [6.07, 6.45) is 1.73. The maximum Gasteiger partial charge on any atom is 0.203 e.